The van der Waals surface area contributed by atoms with Gasteiger partial charge in [0.2, 0.25) is 0 Å². The van der Waals surface area contributed by atoms with E-state index >= 15 is 0 Å². The Morgan fingerprint density at radius 1 is 1.39 bits per heavy atom. The highest BCUT2D eigenvalue weighted by Gasteiger charge is 2.60. The summed E-state index contributed by atoms with van der Waals surface area (Å²) in [5.74, 6) is -1.98. The van der Waals surface area contributed by atoms with Crippen molar-refractivity contribution in [2.75, 3.05) is 6.61 Å². The Labute approximate surface area is 106 Å². The molecule has 1 aliphatic rings. The van der Waals surface area contributed by atoms with E-state index < -0.39 is 17.4 Å². The summed E-state index contributed by atoms with van der Waals surface area (Å²) < 4.78 is 4.94. The molecule has 0 bridgehead atoms. The van der Waals surface area contributed by atoms with Crippen LogP contribution in [-0.4, -0.2) is 23.7 Å². The van der Waals surface area contributed by atoms with Crippen LogP contribution in [-0.2, 0) is 14.3 Å². The Hall–Kier alpha value is -1.84. The Morgan fingerprint density at radius 2 is 2.06 bits per heavy atom. The van der Waals surface area contributed by atoms with Gasteiger partial charge in [-0.05, 0) is 25.3 Å². The maximum Gasteiger partial charge on any atom is 0.324 e. The number of hydrogen-bond donors (Lipinski definition) is 1. The molecule has 4 nitrogen and oxygen atoms in total. The number of carbonyl (C=O) groups is 2. The van der Waals surface area contributed by atoms with E-state index in [-0.39, 0.29) is 12.5 Å². The van der Waals surface area contributed by atoms with Gasteiger partial charge in [0, 0.05) is 5.92 Å². The van der Waals surface area contributed by atoms with Crippen LogP contribution in [0.4, 0.5) is 0 Å². The van der Waals surface area contributed by atoms with Crippen LogP contribution in [0, 0.1) is 5.41 Å². The van der Waals surface area contributed by atoms with Crippen LogP contribution in [0.15, 0.2) is 30.3 Å². The van der Waals surface area contributed by atoms with Gasteiger partial charge >= 0.3 is 11.9 Å². The first-order valence-corrected chi connectivity index (χ1v) is 6.08. The van der Waals surface area contributed by atoms with Gasteiger partial charge in [0.25, 0.3) is 0 Å². The molecule has 0 heterocycles. The van der Waals surface area contributed by atoms with E-state index in [1.165, 1.54) is 0 Å². The molecule has 2 atom stereocenters. The number of ether oxygens (including phenoxy) is 1. The highest BCUT2D eigenvalue weighted by Crippen LogP contribution is 2.54. The lowest BCUT2D eigenvalue weighted by Gasteiger charge is -2.43. The Bertz CT molecular complexity index is 454. The summed E-state index contributed by atoms with van der Waals surface area (Å²) in [6.45, 7) is 1.89. The van der Waals surface area contributed by atoms with Crippen molar-refractivity contribution >= 4 is 11.9 Å². The smallest absolute Gasteiger partial charge is 0.324 e. The minimum absolute atomic E-state index is 0.204. The first-order valence-electron chi connectivity index (χ1n) is 6.08. The maximum atomic E-state index is 12.0. The second kappa shape index (κ2) is 4.80. The van der Waals surface area contributed by atoms with E-state index in [0.29, 0.717) is 12.8 Å². The molecule has 1 saturated carbocycles. The third kappa shape index (κ3) is 1.78. The number of esters is 1. The zero-order chi connectivity index (χ0) is 13.2. The van der Waals surface area contributed by atoms with E-state index in [1.807, 2.05) is 30.3 Å². The van der Waals surface area contributed by atoms with Crippen molar-refractivity contribution in [3.05, 3.63) is 35.9 Å². The van der Waals surface area contributed by atoms with E-state index in [9.17, 15) is 14.7 Å². The van der Waals surface area contributed by atoms with Crippen molar-refractivity contribution in [2.45, 2.75) is 25.7 Å². The van der Waals surface area contributed by atoms with Crippen LogP contribution in [0.5, 0.6) is 0 Å². The van der Waals surface area contributed by atoms with Gasteiger partial charge in [-0.2, -0.15) is 0 Å². The molecule has 0 unspecified atom stereocenters. The third-order valence-electron chi connectivity index (χ3n) is 3.65. The molecule has 1 aromatic rings. The Balaban J connectivity index is 2.33. The van der Waals surface area contributed by atoms with Crippen molar-refractivity contribution in [3.8, 4) is 0 Å². The minimum atomic E-state index is -1.39. The molecule has 1 aliphatic carbocycles. The van der Waals surface area contributed by atoms with Gasteiger partial charge in [0.1, 0.15) is 0 Å². The number of carboxylic acids is 1. The fourth-order valence-corrected chi connectivity index (χ4v) is 2.56. The lowest BCUT2D eigenvalue weighted by molar-refractivity contribution is -0.178. The van der Waals surface area contributed by atoms with Crippen LogP contribution in [0.1, 0.15) is 31.2 Å². The number of carboxylic acid groups (broad SMARTS) is 1. The molecule has 1 N–H and O–H groups in total. The van der Waals surface area contributed by atoms with Crippen LogP contribution >= 0.6 is 0 Å². The van der Waals surface area contributed by atoms with Gasteiger partial charge in [-0.25, -0.2) is 0 Å². The van der Waals surface area contributed by atoms with Gasteiger partial charge in [-0.1, -0.05) is 30.3 Å². The second-order valence-corrected chi connectivity index (χ2v) is 4.50. The molecule has 0 aliphatic heterocycles. The normalized spacial score (nSPS) is 26.2. The predicted octanol–water partition coefficient (Wildman–Crippen LogP) is 2.20. The molecule has 0 radical (unpaired) electrons. The van der Waals surface area contributed by atoms with Crippen LogP contribution in [0.3, 0.4) is 0 Å². The first-order chi connectivity index (χ1) is 8.63. The zero-order valence-corrected chi connectivity index (χ0v) is 10.3. The van der Waals surface area contributed by atoms with Crippen LogP contribution in [0.2, 0.25) is 0 Å². The van der Waals surface area contributed by atoms with Crippen molar-refractivity contribution in [3.63, 3.8) is 0 Å². The molecule has 18 heavy (non-hydrogen) atoms. The molecule has 96 valence electrons. The highest BCUT2D eigenvalue weighted by atomic mass is 16.5. The average Bonchev–Trinajstić information content (AvgIpc) is 2.29. The molecule has 0 aromatic heterocycles. The fourth-order valence-electron chi connectivity index (χ4n) is 2.56. The molecule has 2 rings (SSSR count). The standard InChI is InChI=1S/C14H16O4/c1-2-18-13(17)14(12(15)16)9-8-11(14)10-6-4-3-5-7-10/h3-7,11H,2,8-9H2,1H3,(H,15,16)/t11-,14-/m1/s1. The van der Waals surface area contributed by atoms with Crippen LogP contribution in [0.25, 0.3) is 0 Å². The maximum absolute atomic E-state index is 12.0. The monoisotopic (exact) mass is 248 g/mol. The van der Waals surface area contributed by atoms with Crippen LogP contribution < -0.4 is 0 Å². The van der Waals surface area contributed by atoms with E-state index in [2.05, 4.69) is 0 Å². The van der Waals surface area contributed by atoms with E-state index in [0.717, 1.165) is 5.56 Å². The summed E-state index contributed by atoms with van der Waals surface area (Å²) in [4.78, 5) is 23.5. The lowest BCUT2D eigenvalue weighted by atomic mass is 9.57. The predicted molar refractivity (Wildman–Crippen MR) is 65.1 cm³/mol. The van der Waals surface area contributed by atoms with Crippen molar-refractivity contribution in [1.29, 1.82) is 0 Å². The molecular weight excluding hydrogens is 232 g/mol. The second-order valence-electron chi connectivity index (χ2n) is 4.50. The molecule has 0 saturated heterocycles. The number of rotatable bonds is 4. The largest absolute Gasteiger partial charge is 0.480 e. The van der Waals surface area contributed by atoms with Gasteiger partial charge in [0.05, 0.1) is 6.61 Å². The third-order valence-corrected chi connectivity index (χ3v) is 3.65. The minimum Gasteiger partial charge on any atom is -0.480 e. The first kappa shape index (κ1) is 12.6. The average molecular weight is 248 g/mol. The van der Waals surface area contributed by atoms with Gasteiger partial charge in [0.15, 0.2) is 5.41 Å². The highest BCUT2D eigenvalue weighted by molar-refractivity contribution is 6.01. The summed E-state index contributed by atoms with van der Waals surface area (Å²) in [6, 6.07) is 9.30. The number of aliphatic carboxylic acids is 1. The van der Waals surface area contributed by atoms with Crippen molar-refractivity contribution in [1.82, 2.24) is 0 Å². The molecule has 0 spiro atoms. The Kier molecular flexibility index (Phi) is 3.36. The molecule has 1 fully saturated rings. The summed E-state index contributed by atoms with van der Waals surface area (Å²) >= 11 is 0. The van der Waals surface area contributed by atoms with E-state index in [1.54, 1.807) is 6.92 Å². The van der Waals surface area contributed by atoms with Gasteiger partial charge in [-0.3, -0.25) is 9.59 Å². The van der Waals surface area contributed by atoms with E-state index in [4.69, 9.17) is 4.74 Å². The SMILES string of the molecule is CCOC(=O)[C@]1(C(=O)O)CC[C@@H]1c1ccccc1. The summed E-state index contributed by atoms with van der Waals surface area (Å²) in [7, 11) is 0. The van der Waals surface area contributed by atoms with Crippen molar-refractivity contribution < 1.29 is 19.4 Å². The van der Waals surface area contributed by atoms with Gasteiger partial charge in [-0.15, -0.1) is 0 Å². The molecule has 0 amide bonds. The number of carbonyl (C=O) groups excluding carboxylic acids is 1. The number of hydrogen-bond acceptors (Lipinski definition) is 3. The summed E-state index contributed by atoms with van der Waals surface area (Å²) in [5, 5.41) is 9.41. The van der Waals surface area contributed by atoms with Crippen molar-refractivity contribution in [2.24, 2.45) is 5.41 Å². The molecule has 1 aromatic carbocycles. The zero-order valence-electron chi connectivity index (χ0n) is 10.3. The number of benzene rings is 1. The summed E-state index contributed by atoms with van der Waals surface area (Å²) in [6.07, 6.45) is 1.05. The quantitative estimate of drug-likeness (QED) is 0.655. The van der Waals surface area contributed by atoms with Gasteiger partial charge < -0.3 is 9.84 Å². The molecular formula is C14H16O4. The fraction of sp³-hybridized carbons (Fsp3) is 0.429. The lowest BCUT2D eigenvalue weighted by Crippen LogP contribution is -2.52. The molecule has 4 heteroatoms. The summed E-state index contributed by atoms with van der Waals surface area (Å²) in [5.41, 5.74) is -0.503. The topological polar surface area (TPSA) is 63.6 Å². The Morgan fingerprint density at radius 3 is 2.50 bits per heavy atom.